The Balaban J connectivity index is 1.29. The van der Waals surface area contributed by atoms with Crippen LogP contribution in [-0.4, -0.2) is 17.4 Å². The lowest BCUT2D eigenvalue weighted by Crippen LogP contribution is -2.37. The molecule has 5 rings (SSSR count). The summed E-state index contributed by atoms with van der Waals surface area (Å²) in [5, 5.41) is 0. The van der Waals surface area contributed by atoms with Crippen molar-refractivity contribution in [3.8, 4) is 0 Å². The fourth-order valence-corrected chi connectivity index (χ4v) is 5.39. The lowest BCUT2D eigenvalue weighted by molar-refractivity contribution is -0.128. The molecule has 0 atom stereocenters. The number of carbonyl (C=O) groups is 2. The summed E-state index contributed by atoms with van der Waals surface area (Å²) < 4.78 is 0. The highest BCUT2D eigenvalue weighted by Gasteiger charge is 2.36. The van der Waals surface area contributed by atoms with E-state index in [1.54, 1.807) is 0 Å². The quantitative estimate of drug-likeness (QED) is 0.665. The van der Waals surface area contributed by atoms with Crippen LogP contribution in [0.15, 0.2) is 65.3 Å². The van der Waals surface area contributed by atoms with Crippen molar-refractivity contribution in [2.75, 3.05) is 0 Å². The molecule has 2 N–H and O–H groups in total. The van der Waals surface area contributed by atoms with Gasteiger partial charge in [-0.3, -0.25) is 9.59 Å². The van der Waals surface area contributed by atoms with Crippen molar-refractivity contribution in [1.29, 1.82) is 0 Å². The Kier molecular flexibility index (Phi) is 5.61. The summed E-state index contributed by atoms with van der Waals surface area (Å²) in [5.74, 6) is 0.222. The largest absolute Gasteiger partial charge is 0.369 e. The molecule has 0 spiro atoms. The fourth-order valence-electron chi connectivity index (χ4n) is 5.39. The zero-order valence-corrected chi connectivity index (χ0v) is 19.1. The second-order valence-corrected chi connectivity index (χ2v) is 9.87. The van der Waals surface area contributed by atoms with Gasteiger partial charge in [-0.1, -0.05) is 55.5 Å². The molecule has 2 aromatic carbocycles. The van der Waals surface area contributed by atoms with Crippen LogP contribution in [0.25, 0.3) is 6.08 Å². The third-order valence-electron chi connectivity index (χ3n) is 7.67. The highest BCUT2D eigenvalue weighted by atomic mass is 16.1. The van der Waals surface area contributed by atoms with Crippen LogP contribution in [0.1, 0.15) is 72.8 Å². The Hall–Kier alpha value is -3.27. The first kappa shape index (κ1) is 21.6. The standard InChI is InChI=1S/C29H30N2O2/c1-29(28(30)33)15-13-20(14-16-29)24-8-3-2-5-22(24)18-27(32)26-12-11-25(31-26)23-10-9-19-6-4-7-21(19)17-23/h2-5,7-10,12,17,20H,6,11,13-16,18H2,1H3,(H2,30,33). The van der Waals surface area contributed by atoms with Crippen LogP contribution in [-0.2, 0) is 22.4 Å². The molecule has 1 fully saturated rings. The summed E-state index contributed by atoms with van der Waals surface area (Å²) in [5.41, 5.74) is 12.7. The Bertz CT molecular complexity index is 1210. The third kappa shape index (κ3) is 4.22. The average molecular weight is 439 g/mol. The van der Waals surface area contributed by atoms with Gasteiger partial charge < -0.3 is 5.73 Å². The molecule has 33 heavy (non-hydrogen) atoms. The number of amides is 1. The van der Waals surface area contributed by atoms with E-state index >= 15 is 0 Å². The van der Waals surface area contributed by atoms with Gasteiger partial charge >= 0.3 is 0 Å². The Morgan fingerprint density at radius 1 is 1.09 bits per heavy atom. The number of fused-ring (bicyclic) bond motifs is 1. The van der Waals surface area contributed by atoms with E-state index in [1.807, 2.05) is 25.1 Å². The summed E-state index contributed by atoms with van der Waals surface area (Å²) in [6.45, 7) is 1.97. The predicted molar refractivity (Wildman–Crippen MR) is 132 cm³/mol. The number of nitrogens with zero attached hydrogens (tertiary/aromatic N) is 1. The van der Waals surface area contributed by atoms with Crippen molar-refractivity contribution in [2.45, 2.75) is 57.8 Å². The van der Waals surface area contributed by atoms with E-state index in [0.29, 0.717) is 24.5 Å². The first-order valence-corrected chi connectivity index (χ1v) is 11.9. The molecular formula is C29H30N2O2. The number of rotatable bonds is 6. The maximum absolute atomic E-state index is 13.2. The molecule has 0 unspecified atom stereocenters. The number of primary amides is 1. The molecule has 0 aromatic heterocycles. The van der Waals surface area contributed by atoms with Crippen LogP contribution in [0.5, 0.6) is 0 Å². The molecule has 4 nitrogen and oxygen atoms in total. The minimum atomic E-state index is -0.408. The van der Waals surface area contributed by atoms with Crippen molar-refractivity contribution in [3.63, 3.8) is 0 Å². The second-order valence-electron chi connectivity index (χ2n) is 9.87. The molecule has 1 aliphatic heterocycles. The maximum Gasteiger partial charge on any atom is 0.223 e. The minimum Gasteiger partial charge on any atom is -0.369 e. The molecule has 1 saturated carbocycles. The molecule has 1 amide bonds. The Labute approximate surface area is 195 Å². The molecule has 0 radical (unpaired) electrons. The monoisotopic (exact) mass is 438 g/mol. The van der Waals surface area contributed by atoms with Gasteiger partial charge in [0.1, 0.15) is 5.70 Å². The molecule has 2 aromatic rings. The molecule has 2 aliphatic carbocycles. The molecule has 3 aliphatic rings. The number of Topliss-reactive ketones (excluding diaryl/α,β-unsaturated/α-hetero) is 1. The van der Waals surface area contributed by atoms with Crippen molar-refractivity contribution in [1.82, 2.24) is 0 Å². The van der Waals surface area contributed by atoms with Crippen LogP contribution < -0.4 is 5.73 Å². The van der Waals surface area contributed by atoms with E-state index in [9.17, 15) is 9.59 Å². The van der Waals surface area contributed by atoms with Gasteiger partial charge in [0.15, 0.2) is 5.78 Å². The number of nitrogens with two attached hydrogens (primary N) is 1. The lowest BCUT2D eigenvalue weighted by atomic mass is 9.69. The summed E-state index contributed by atoms with van der Waals surface area (Å²) in [6.07, 6.45) is 11.8. The molecule has 168 valence electrons. The van der Waals surface area contributed by atoms with Gasteiger partial charge in [0.05, 0.1) is 5.71 Å². The van der Waals surface area contributed by atoms with Gasteiger partial charge in [-0.05, 0) is 78.0 Å². The first-order chi connectivity index (χ1) is 15.9. The fraction of sp³-hybridized carbons (Fsp3) is 0.345. The first-order valence-electron chi connectivity index (χ1n) is 11.9. The molecule has 0 saturated heterocycles. The van der Waals surface area contributed by atoms with E-state index in [2.05, 4.69) is 42.5 Å². The minimum absolute atomic E-state index is 0.0660. The van der Waals surface area contributed by atoms with E-state index < -0.39 is 5.41 Å². The van der Waals surface area contributed by atoms with Crippen LogP contribution in [0.3, 0.4) is 0 Å². The number of hydrogen-bond donors (Lipinski definition) is 1. The number of carbonyl (C=O) groups excluding carboxylic acids is 2. The summed E-state index contributed by atoms with van der Waals surface area (Å²) in [4.78, 5) is 29.7. The number of aliphatic imine (C=N–C) groups is 1. The average Bonchev–Trinajstić information content (AvgIpc) is 3.49. The predicted octanol–water partition coefficient (Wildman–Crippen LogP) is 5.29. The van der Waals surface area contributed by atoms with Crippen molar-refractivity contribution >= 4 is 23.5 Å². The summed E-state index contributed by atoms with van der Waals surface area (Å²) in [7, 11) is 0. The Morgan fingerprint density at radius 2 is 1.88 bits per heavy atom. The highest BCUT2D eigenvalue weighted by molar-refractivity contribution is 6.09. The molecule has 4 heteroatoms. The smallest absolute Gasteiger partial charge is 0.223 e. The van der Waals surface area contributed by atoms with Crippen LogP contribution in [0.2, 0.25) is 0 Å². The third-order valence-corrected chi connectivity index (χ3v) is 7.67. The van der Waals surface area contributed by atoms with Crippen molar-refractivity contribution in [3.05, 3.63) is 88.1 Å². The number of allylic oxidation sites excluding steroid dienone is 3. The highest BCUT2D eigenvalue weighted by Crippen LogP contribution is 2.43. The topological polar surface area (TPSA) is 72.5 Å². The molecule has 0 bridgehead atoms. The summed E-state index contributed by atoms with van der Waals surface area (Å²) in [6, 6.07) is 14.7. The number of benzene rings is 2. The number of ketones is 1. The Morgan fingerprint density at radius 3 is 2.67 bits per heavy atom. The molecule has 1 heterocycles. The van der Waals surface area contributed by atoms with E-state index in [-0.39, 0.29) is 11.7 Å². The summed E-state index contributed by atoms with van der Waals surface area (Å²) >= 11 is 0. The van der Waals surface area contributed by atoms with E-state index in [1.165, 1.54) is 16.7 Å². The van der Waals surface area contributed by atoms with E-state index in [0.717, 1.165) is 48.9 Å². The van der Waals surface area contributed by atoms with E-state index in [4.69, 9.17) is 10.7 Å². The zero-order chi connectivity index (χ0) is 23.0. The SMILES string of the molecule is CC1(C(N)=O)CCC(c2ccccc2CC(=O)C2=CCC(c3ccc4c(c3)C=CC4)=N2)CC1. The van der Waals surface area contributed by atoms with Crippen molar-refractivity contribution in [2.24, 2.45) is 16.1 Å². The van der Waals surface area contributed by atoms with Gasteiger partial charge in [-0.15, -0.1) is 0 Å². The van der Waals surface area contributed by atoms with Gasteiger partial charge in [-0.25, -0.2) is 4.99 Å². The normalized spacial score (nSPS) is 23.7. The van der Waals surface area contributed by atoms with Crippen LogP contribution >= 0.6 is 0 Å². The molecular weight excluding hydrogens is 408 g/mol. The maximum atomic E-state index is 13.2. The van der Waals surface area contributed by atoms with Gasteiger partial charge in [0.2, 0.25) is 5.91 Å². The zero-order valence-electron chi connectivity index (χ0n) is 19.1. The lowest BCUT2D eigenvalue weighted by Gasteiger charge is -2.35. The second kappa shape index (κ2) is 8.58. The number of hydrogen-bond acceptors (Lipinski definition) is 3. The van der Waals surface area contributed by atoms with Crippen LogP contribution in [0.4, 0.5) is 0 Å². The van der Waals surface area contributed by atoms with Gasteiger partial charge in [0, 0.05) is 18.3 Å². The van der Waals surface area contributed by atoms with Gasteiger partial charge in [0.25, 0.3) is 0 Å². The van der Waals surface area contributed by atoms with Crippen LogP contribution in [0, 0.1) is 5.41 Å². The van der Waals surface area contributed by atoms with Gasteiger partial charge in [-0.2, -0.15) is 0 Å². The van der Waals surface area contributed by atoms with Crippen molar-refractivity contribution < 1.29 is 9.59 Å².